The average molecular weight is 364 g/mol. The lowest BCUT2D eigenvalue weighted by molar-refractivity contribution is 0.0934. The summed E-state index contributed by atoms with van der Waals surface area (Å²) < 4.78 is 1.99. The molecular weight excluding hydrogens is 336 g/mol. The molecule has 0 saturated carbocycles. The van der Waals surface area contributed by atoms with Crippen LogP contribution in [-0.2, 0) is 6.54 Å². The van der Waals surface area contributed by atoms with E-state index in [4.69, 9.17) is 0 Å². The van der Waals surface area contributed by atoms with Gasteiger partial charge in [-0.1, -0.05) is 25.1 Å². The fraction of sp³-hybridized carbons (Fsp3) is 0.409. The minimum atomic E-state index is -0.0849. The summed E-state index contributed by atoms with van der Waals surface area (Å²) in [6.07, 6.45) is 0.808. The highest BCUT2D eigenvalue weighted by Crippen LogP contribution is 2.26. The van der Waals surface area contributed by atoms with Crippen LogP contribution in [0.15, 0.2) is 24.3 Å². The molecule has 1 atom stereocenters. The predicted molar refractivity (Wildman–Crippen MR) is 109 cm³/mol. The third-order valence-electron chi connectivity index (χ3n) is 5.28. The first-order valence-electron chi connectivity index (χ1n) is 9.59. The van der Waals surface area contributed by atoms with E-state index in [1.54, 1.807) is 0 Å². The number of carbonyl (C=O) groups is 1. The lowest BCUT2D eigenvalue weighted by Crippen LogP contribution is -2.29. The van der Waals surface area contributed by atoms with Crippen LogP contribution in [-0.4, -0.2) is 20.7 Å². The lowest BCUT2D eigenvalue weighted by Gasteiger charge is -2.19. The highest BCUT2D eigenvalue weighted by Gasteiger charge is 2.22. The van der Waals surface area contributed by atoms with Crippen LogP contribution in [0.1, 0.15) is 64.9 Å². The number of amides is 1. The van der Waals surface area contributed by atoms with Gasteiger partial charge in [0.25, 0.3) is 5.91 Å². The Balaban J connectivity index is 1.95. The van der Waals surface area contributed by atoms with E-state index in [9.17, 15) is 4.79 Å². The van der Waals surface area contributed by atoms with E-state index < -0.39 is 0 Å². The van der Waals surface area contributed by atoms with Crippen LogP contribution in [0.4, 0.5) is 0 Å². The molecule has 0 radical (unpaired) electrons. The van der Waals surface area contributed by atoms with Crippen LogP contribution in [0.3, 0.4) is 0 Å². The molecule has 1 N–H and O–H groups in total. The number of benzene rings is 1. The van der Waals surface area contributed by atoms with Gasteiger partial charge in [0.15, 0.2) is 0 Å². The summed E-state index contributed by atoms with van der Waals surface area (Å²) in [5.41, 5.74) is 6.67. The van der Waals surface area contributed by atoms with Crippen LogP contribution in [0.25, 0.3) is 10.9 Å². The molecule has 1 aromatic carbocycles. The van der Waals surface area contributed by atoms with Crippen LogP contribution in [0.5, 0.6) is 0 Å². The summed E-state index contributed by atoms with van der Waals surface area (Å²) in [6.45, 7) is 13.0. The van der Waals surface area contributed by atoms with Crippen molar-refractivity contribution in [2.24, 2.45) is 0 Å². The topological polar surface area (TPSA) is 59.8 Å². The largest absolute Gasteiger partial charge is 0.345 e. The van der Waals surface area contributed by atoms with Crippen LogP contribution < -0.4 is 5.32 Å². The van der Waals surface area contributed by atoms with Crippen molar-refractivity contribution in [1.29, 1.82) is 0 Å². The maximum atomic E-state index is 13.1. The van der Waals surface area contributed by atoms with Gasteiger partial charge >= 0.3 is 0 Å². The fourth-order valence-corrected chi connectivity index (χ4v) is 3.81. The second-order valence-electron chi connectivity index (χ2n) is 7.10. The Morgan fingerprint density at radius 3 is 2.52 bits per heavy atom. The molecule has 3 rings (SSSR count). The van der Waals surface area contributed by atoms with E-state index in [1.165, 1.54) is 0 Å². The Morgan fingerprint density at radius 1 is 1.15 bits per heavy atom. The van der Waals surface area contributed by atoms with Crippen molar-refractivity contribution in [1.82, 2.24) is 20.1 Å². The number of pyridine rings is 1. The number of aromatic nitrogens is 3. The molecule has 0 aliphatic carbocycles. The number of para-hydroxylation sites is 1. The predicted octanol–water partition coefficient (Wildman–Crippen LogP) is 4.57. The molecular formula is C22H28N4O. The van der Waals surface area contributed by atoms with Crippen molar-refractivity contribution in [3.05, 3.63) is 58.0 Å². The highest BCUT2D eigenvalue weighted by molar-refractivity contribution is 5.99. The Kier molecular flexibility index (Phi) is 5.31. The number of fused-ring (bicyclic) bond motifs is 1. The molecule has 3 aromatic rings. The molecule has 0 fully saturated rings. The summed E-state index contributed by atoms with van der Waals surface area (Å²) in [6, 6.07) is 7.92. The zero-order valence-electron chi connectivity index (χ0n) is 17.1. The van der Waals surface area contributed by atoms with Gasteiger partial charge in [-0.25, -0.2) is 0 Å². The molecule has 5 nitrogen and oxygen atoms in total. The van der Waals surface area contributed by atoms with Gasteiger partial charge in [0.05, 0.1) is 28.5 Å². The van der Waals surface area contributed by atoms with Gasteiger partial charge in [-0.05, 0) is 52.7 Å². The van der Waals surface area contributed by atoms with Crippen LogP contribution in [0, 0.1) is 27.7 Å². The van der Waals surface area contributed by atoms with Crippen molar-refractivity contribution >= 4 is 16.8 Å². The van der Waals surface area contributed by atoms with Crippen molar-refractivity contribution in [2.45, 2.75) is 60.5 Å². The van der Waals surface area contributed by atoms with Gasteiger partial charge in [0.1, 0.15) is 0 Å². The SMILES string of the molecule is CC[C@H](NC(=O)c1cc2cccc(C)c2nc1C)c1c(C)nn(CC)c1C. The van der Waals surface area contributed by atoms with Gasteiger partial charge in [0.2, 0.25) is 0 Å². The number of nitrogens with one attached hydrogen (secondary N) is 1. The van der Waals surface area contributed by atoms with Crippen molar-refractivity contribution < 1.29 is 4.79 Å². The Morgan fingerprint density at radius 2 is 1.89 bits per heavy atom. The highest BCUT2D eigenvalue weighted by atomic mass is 16.1. The van der Waals surface area contributed by atoms with Crippen molar-refractivity contribution in [3.63, 3.8) is 0 Å². The third-order valence-corrected chi connectivity index (χ3v) is 5.28. The molecule has 2 aromatic heterocycles. The zero-order chi connectivity index (χ0) is 19.7. The summed E-state index contributed by atoms with van der Waals surface area (Å²) in [5.74, 6) is -0.0849. The molecule has 0 saturated heterocycles. The van der Waals surface area contributed by atoms with Gasteiger partial charge in [-0.2, -0.15) is 5.10 Å². The number of hydrogen-bond donors (Lipinski definition) is 1. The smallest absolute Gasteiger partial charge is 0.253 e. The maximum Gasteiger partial charge on any atom is 0.253 e. The number of aryl methyl sites for hydroxylation is 4. The monoisotopic (exact) mass is 364 g/mol. The number of nitrogens with zero attached hydrogens (tertiary/aromatic N) is 3. The minimum Gasteiger partial charge on any atom is -0.345 e. The van der Waals surface area contributed by atoms with E-state index in [0.717, 1.165) is 52.1 Å². The number of carbonyl (C=O) groups excluding carboxylic acids is 1. The summed E-state index contributed by atoms with van der Waals surface area (Å²) >= 11 is 0. The molecule has 0 bridgehead atoms. The first kappa shape index (κ1) is 19.1. The quantitative estimate of drug-likeness (QED) is 0.721. The normalized spacial score (nSPS) is 12.4. The maximum absolute atomic E-state index is 13.1. The zero-order valence-corrected chi connectivity index (χ0v) is 17.1. The van der Waals surface area contributed by atoms with E-state index in [1.807, 2.05) is 49.7 Å². The van der Waals surface area contributed by atoms with E-state index >= 15 is 0 Å². The summed E-state index contributed by atoms with van der Waals surface area (Å²) in [4.78, 5) is 17.7. The second-order valence-corrected chi connectivity index (χ2v) is 7.10. The summed E-state index contributed by atoms with van der Waals surface area (Å²) in [7, 11) is 0. The fourth-order valence-electron chi connectivity index (χ4n) is 3.81. The van der Waals surface area contributed by atoms with E-state index in [2.05, 4.69) is 36.2 Å². The van der Waals surface area contributed by atoms with Gasteiger partial charge < -0.3 is 5.32 Å². The van der Waals surface area contributed by atoms with Gasteiger partial charge in [-0.3, -0.25) is 14.5 Å². The Bertz CT molecular complexity index is 1000. The first-order chi connectivity index (χ1) is 12.9. The van der Waals surface area contributed by atoms with E-state index in [0.29, 0.717) is 5.56 Å². The van der Waals surface area contributed by atoms with Crippen LogP contribution in [0.2, 0.25) is 0 Å². The lowest BCUT2D eigenvalue weighted by atomic mass is 10.0. The third kappa shape index (κ3) is 3.46. The molecule has 142 valence electrons. The molecule has 0 aliphatic rings. The molecule has 1 amide bonds. The average Bonchev–Trinajstić information content (AvgIpc) is 2.93. The van der Waals surface area contributed by atoms with Gasteiger partial charge in [-0.15, -0.1) is 0 Å². The molecule has 27 heavy (non-hydrogen) atoms. The second kappa shape index (κ2) is 7.51. The molecule has 0 unspecified atom stereocenters. The van der Waals surface area contributed by atoms with E-state index in [-0.39, 0.29) is 11.9 Å². The minimum absolute atomic E-state index is 0.0644. The molecule has 2 heterocycles. The molecule has 0 aliphatic heterocycles. The summed E-state index contributed by atoms with van der Waals surface area (Å²) in [5, 5.41) is 8.80. The van der Waals surface area contributed by atoms with Crippen molar-refractivity contribution in [2.75, 3.05) is 0 Å². The van der Waals surface area contributed by atoms with Gasteiger partial charge in [0, 0.05) is 23.2 Å². The standard InChI is InChI=1S/C22H28N4O/c1-7-19(20-15(5)25-26(8-2)16(20)6)24-22(27)18-12-17-11-9-10-13(3)21(17)23-14(18)4/h9-12,19H,7-8H2,1-6H3,(H,24,27)/t19-/m0/s1. The Labute approximate surface area is 160 Å². The Hall–Kier alpha value is -2.69. The first-order valence-corrected chi connectivity index (χ1v) is 9.59. The molecule has 5 heteroatoms. The van der Waals surface area contributed by atoms with Crippen molar-refractivity contribution in [3.8, 4) is 0 Å². The number of hydrogen-bond acceptors (Lipinski definition) is 3. The number of rotatable bonds is 5. The molecule has 0 spiro atoms. The van der Waals surface area contributed by atoms with Crippen LogP contribution >= 0.6 is 0 Å².